The van der Waals surface area contributed by atoms with Crippen LogP contribution >= 0.6 is 0 Å². The fourth-order valence-corrected chi connectivity index (χ4v) is 3.43. The Morgan fingerprint density at radius 2 is 1.86 bits per heavy atom. The standard InChI is InChI=1S/C15H15F2NO3S/c1-11-5-6-14(10-15(11)17)22(20,21)18(7-8-19)13-4-2-3-12(16)9-13/h2-6,9-10,19H,7-8H2,1H3. The number of aryl methyl sites for hydroxylation is 1. The molecule has 0 bridgehead atoms. The molecule has 4 nitrogen and oxygen atoms in total. The van der Waals surface area contributed by atoms with Gasteiger partial charge in [0.15, 0.2) is 0 Å². The van der Waals surface area contributed by atoms with E-state index >= 15 is 0 Å². The lowest BCUT2D eigenvalue weighted by Crippen LogP contribution is -2.33. The van der Waals surface area contributed by atoms with Crippen LogP contribution in [0.2, 0.25) is 0 Å². The lowest BCUT2D eigenvalue weighted by Gasteiger charge is -2.23. The van der Waals surface area contributed by atoms with E-state index in [-0.39, 0.29) is 17.1 Å². The van der Waals surface area contributed by atoms with E-state index in [0.29, 0.717) is 5.56 Å². The number of aliphatic hydroxyl groups is 1. The van der Waals surface area contributed by atoms with Gasteiger partial charge < -0.3 is 5.11 Å². The van der Waals surface area contributed by atoms with Gasteiger partial charge in [0.05, 0.1) is 23.7 Å². The Bertz CT molecular complexity index is 778. The normalized spacial score (nSPS) is 11.5. The molecule has 2 aromatic carbocycles. The molecule has 0 aliphatic heterocycles. The van der Waals surface area contributed by atoms with E-state index in [1.54, 1.807) is 0 Å². The molecular weight excluding hydrogens is 312 g/mol. The van der Waals surface area contributed by atoms with Gasteiger partial charge in [0.2, 0.25) is 0 Å². The zero-order chi connectivity index (χ0) is 16.3. The van der Waals surface area contributed by atoms with Gasteiger partial charge in [-0.2, -0.15) is 0 Å². The largest absolute Gasteiger partial charge is 0.394 e. The Morgan fingerprint density at radius 3 is 2.45 bits per heavy atom. The minimum atomic E-state index is -4.11. The summed E-state index contributed by atoms with van der Waals surface area (Å²) in [6.07, 6.45) is 0. The minimum Gasteiger partial charge on any atom is -0.394 e. The highest BCUT2D eigenvalue weighted by Gasteiger charge is 2.25. The molecule has 0 aromatic heterocycles. The number of halogens is 2. The molecule has 0 unspecified atom stereocenters. The Kier molecular flexibility index (Phi) is 4.77. The molecule has 1 N–H and O–H groups in total. The van der Waals surface area contributed by atoms with Gasteiger partial charge in [0.1, 0.15) is 11.6 Å². The first-order chi connectivity index (χ1) is 10.4. The van der Waals surface area contributed by atoms with Crippen molar-refractivity contribution < 1.29 is 22.3 Å². The summed E-state index contributed by atoms with van der Waals surface area (Å²) in [5.41, 5.74) is 0.383. The first-order valence-corrected chi connectivity index (χ1v) is 7.95. The SMILES string of the molecule is Cc1ccc(S(=O)(=O)N(CCO)c2cccc(F)c2)cc1F. The van der Waals surface area contributed by atoms with Crippen LogP contribution in [-0.4, -0.2) is 26.7 Å². The number of hydrogen-bond donors (Lipinski definition) is 1. The maximum atomic E-state index is 13.6. The van der Waals surface area contributed by atoms with E-state index in [4.69, 9.17) is 5.11 Å². The van der Waals surface area contributed by atoms with E-state index in [1.165, 1.54) is 37.3 Å². The summed E-state index contributed by atoms with van der Waals surface area (Å²) in [5, 5.41) is 9.10. The van der Waals surface area contributed by atoms with Crippen molar-refractivity contribution in [3.63, 3.8) is 0 Å². The predicted octanol–water partition coefficient (Wildman–Crippen LogP) is 2.46. The third-order valence-electron chi connectivity index (χ3n) is 3.13. The summed E-state index contributed by atoms with van der Waals surface area (Å²) in [6.45, 7) is 0.801. The number of nitrogens with zero attached hydrogens (tertiary/aromatic N) is 1. The average Bonchev–Trinajstić information content (AvgIpc) is 2.47. The third kappa shape index (κ3) is 3.26. The summed E-state index contributed by atoms with van der Waals surface area (Å²) in [5.74, 6) is -1.25. The third-order valence-corrected chi connectivity index (χ3v) is 4.95. The monoisotopic (exact) mass is 327 g/mol. The van der Waals surface area contributed by atoms with Crippen LogP contribution in [0.1, 0.15) is 5.56 Å². The van der Waals surface area contributed by atoms with E-state index in [1.807, 2.05) is 0 Å². The number of hydrogen-bond acceptors (Lipinski definition) is 3. The fourth-order valence-electron chi connectivity index (χ4n) is 1.97. The first-order valence-electron chi connectivity index (χ1n) is 6.51. The molecule has 0 spiro atoms. The summed E-state index contributed by atoms with van der Waals surface area (Å²) in [4.78, 5) is -0.256. The van der Waals surface area contributed by atoms with E-state index in [9.17, 15) is 17.2 Å². The number of anilines is 1. The van der Waals surface area contributed by atoms with Gasteiger partial charge in [-0.3, -0.25) is 4.31 Å². The Morgan fingerprint density at radius 1 is 1.14 bits per heavy atom. The van der Waals surface area contributed by atoms with Crippen LogP contribution in [0.5, 0.6) is 0 Å². The van der Waals surface area contributed by atoms with Crippen molar-refractivity contribution in [1.82, 2.24) is 0 Å². The van der Waals surface area contributed by atoms with E-state index in [2.05, 4.69) is 0 Å². The molecule has 2 aromatic rings. The highest BCUT2D eigenvalue weighted by molar-refractivity contribution is 7.92. The molecule has 2 rings (SSSR count). The Balaban J connectivity index is 2.52. The highest BCUT2D eigenvalue weighted by Crippen LogP contribution is 2.25. The van der Waals surface area contributed by atoms with Crippen molar-refractivity contribution >= 4 is 15.7 Å². The van der Waals surface area contributed by atoms with Crippen molar-refractivity contribution in [3.8, 4) is 0 Å². The maximum absolute atomic E-state index is 13.6. The molecule has 0 amide bonds. The van der Waals surface area contributed by atoms with Crippen LogP contribution in [0.4, 0.5) is 14.5 Å². The highest BCUT2D eigenvalue weighted by atomic mass is 32.2. The lowest BCUT2D eigenvalue weighted by atomic mass is 10.2. The summed E-state index contributed by atoms with van der Waals surface area (Å²) < 4.78 is 53.1. The van der Waals surface area contributed by atoms with Crippen LogP contribution in [0.25, 0.3) is 0 Å². The molecule has 22 heavy (non-hydrogen) atoms. The average molecular weight is 327 g/mol. The van der Waals surface area contributed by atoms with E-state index < -0.39 is 28.3 Å². The molecule has 0 saturated heterocycles. The van der Waals surface area contributed by atoms with Crippen LogP contribution in [0.3, 0.4) is 0 Å². The molecule has 0 heterocycles. The molecule has 7 heteroatoms. The lowest BCUT2D eigenvalue weighted by molar-refractivity contribution is 0.306. The topological polar surface area (TPSA) is 57.6 Å². The van der Waals surface area contributed by atoms with Gasteiger partial charge in [0.25, 0.3) is 10.0 Å². The molecule has 0 saturated carbocycles. The molecule has 0 atom stereocenters. The summed E-state index contributed by atoms with van der Waals surface area (Å²) in [7, 11) is -4.11. The Labute approximate surface area is 127 Å². The molecule has 0 aliphatic rings. The second-order valence-electron chi connectivity index (χ2n) is 4.69. The van der Waals surface area contributed by atoms with Crippen molar-refractivity contribution in [2.24, 2.45) is 0 Å². The molecule has 118 valence electrons. The minimum absolute atomic E-state index is 0.0648. The van der Waals surface area contributed by atoms with Crippen molar-refractivity contribution in [2.45, 2.75) is 11.8 Å². The maximum Gasteiger partial charge on any atom is 0.264 e. The molecule has 0 aliphatic carbocycles. The smallest absolute Gasteiger partial charge is 0.264 e. The fraction of sp³-hybridized carbons (Fsp3) is 0.200. The first kappa shape index (κ1) is 16.4. The van der Waals surface area contributed by atoms with Gasteiger partial charge in [-0.25, -0.2) is 17.2 Å². The zero-order valence-electron chi connectivity index (χ0n) is 11.8. The zero-order valence-corrected chi connectivity index (χ0v) is 12.6. The Hall–Kier alpha value is -1.99. The predicted molar refractivity (Wildman–Crippen MR) is 79.2 cm³/mol. The summed E-state index contributed by atoms with van der Waals surface area (Å²) in [6, 6.07) is 8.52. The quantitative estimate of drug-likeness (QED) is 0.918. The number of rotatable bonds is 5. The van der Waals surface area contributed by atoms with Crippen molar-refractivity contribution in [3.05, 3.63) is 59.7 Å². The van der Waals surface area contributed by atoms with Crippen LogP contribution in [0, 0.1) is 18.6 Å². The molecule has 0 fully saturated rings. The van der Waals surface area contributed by atoms with E-state index in [0.717, 1.165) is 16.4 Å². The second kappa shape index (κ2) is 6.41. The molecular formula is C15H15F2NO3S. The van der Waals surface area contributed by atoms with Gasteiger partial charge in [-0.05, 0) is 42.8 Å². The van der Waals surface area contributed by atoms with Crippen LogP contribution in [-0.2, 0) is 10.0 Å². The van der Waals surface area contributed by atoms with Crippen LogP contribution in [0.15, 0.2) is 47.4 Å². The summed E-state index contributed by atoms with van der Waals surface area (Å²) >= 11 is 0. The van der Waals surface area contributed by atoms with Crippen molar-refractivity contribution in [1.29, 1.82) is 0 Å². The van der Waals surface area contributed by atoms with Gasteiger partial charge in [-0.1, -0.05) is 12.1 Å². The van der Waals surface area contributed by atoms with Crippen LogP contribution < -0.4 is 4.31 Å². The molecule has 0 radical (unpaired) electrons. The number of aliphatic hydroxyl groups excluding tert-OH is 1. The number of benzene rings is 2. The van der Waals surface area contributed by atoms with Gasteiger partial charge >= 0.3 is 0 Å². The number of sulfonamides is 1. The van der Waals surface area contributed by atoms with Crippen molar-refractivity contribution in [2.75, 3.05) is 17.5 Å². The van der Waals surface area contributed by atoms with Gasteiger partial charge in [0, 0.05) is 0 Å². The second-order valence-corrected chi connectivity index (χ2v) is 6.55. The van der Waals surface area contributed by atoms with Gasteiger partial charge in [-0.15, -0.1) is 0 Å².